The minimum absolute atomic E-state index is 0.0375. The van der Waals surface area contributed by atoms with E-state index in [9.17, 15) is 9.59 Å². The van der Waals surface area contributed by atoms with Crippen molar-refractivity contribution in [1.29, 1.82) is 0 Å². The van der Waals surface area contributed by atoms with Crippen molar-refractivity contribution in [3.05, 3.63) is 0 Å². The quantitative estimate of drug-likeness (QED) is 0.717. The Morgan fingerprint density at radius 1 is 1.17 bits per heavy atom. The molecule has 1 aliphatic heterocycles. The van der Waals surface area contributed by atoms with Crippen molar-refractivity contribution in [2.75, 3.05) is 18.6 Å². The molecule has 0 aromatic rings. The Labute approximate surface area is 114 Å². The average Bonchev–Trinajstić information content (AvgIpc) is 2.35. The van der Waals surface area contributed by atoms with Crippen molar-refractivity contribution >= 4 is 23.6 Å². The van der Waals surface area contributed by atoms with Crippen LogP contribution in [0.3, 0.4) is 0 Å². The number of piperazine rings is 1. The predicted molar refractivity (Wildman–Crippen MR) is 75.6 cm³/mol. The Bertz CT molecular complexity index is 297. The van der Waals surface area contributed by atoms with Gasteiger partial charge < -0.3 is 10.2 Å². The van der Waals surface area contributed by atoms with Crippen molar-refractivity contribution < 1.29 is 9.59 Å². The van der Waals surface area contributed by atoms with Crippen LogP contribution >= 0.6 is 11.8 Å². The molecular formula is C13H24N2O2S. The number of thioether (sulfide) groups is 1. The lowest BCUT2D eigenvalue weighted by Gasteiger charge is -2.36. The molecule has 2 atom stereocenters. The van der Waals surface area contributed by atoms with Crippen LogP contribution in [0.15, 0.2) is 0 Å². The molecule has 0 spiro atoms. The van der Waals surface area contributed by atoms with E-state index in [0.29, 0.717) is 6.54 Å². The SMILES string of the molecule is CSCCCCCCN1C(=O)C(C)NC(=O)C1C. The number of hydrogen-bond donors (Lipinski definition) is 1. The molecule has 0 aromatic heterocycles. The molecule has 0 aliphatic carbocycles. The summed E-state index contributed by atoms with van der Waals surface area (Å²) < 4.78 is 0. The summed E-state index contributed by atoms with van der Waals surface area (Å²) in [7, 11) is 0. The maximum atomic E-state index is 12.0. The standard InChI is InChI=1S/C13H24N2O2S/c1-10-13(17)15(11(2)12(16)14-10)8-6-4-5-7-9-18-3/h10-11H,4-9H2,1-3H3,(H,14,16). The summed E-state index contributed by atoms with van der Waals surface area (Å²) in [5, 5.41) is 2.69. The molecule has 1 fully saturated rings. The maximum Gasteiger partial charge on any atom is 0.245 e. The first kappa shape index (κ1) is 15.3. The summed E-state index contributed by atoms with van der Waals surface area (Å²) in [4.78, 5) is 25.3. The molecule has 2 unspecified atom stereocenters. The van der Waals surface area contributed by atoms with Gasteiger partial charge in [-0.1, -0.05) is 12.8 Å². The van der Waals surface area contributed by atoms with Gasteiger partial charge in [0.15, 0.2) is 0 Å². The molecule has 1 heterocycles. The lowest BCUT2D eigenvalue weighted by atomic mass is 10.1. The van der Waals surface area contributed by atoms with Gasteiger partial charge in [-0.15, -0.1) is 0 Å². The van der Waals surface area contributed by atoms with Crippen molar-refractivity contribution in [2.24, 2.45) is 0 Å². The Morgan fingerprint density at radius 3 is 2.50 bits per heavy atom. The third-order valence-electron chi connectivity index (χ3n) is 3.36. The number of carbonyl (C=O) groups excluding carboxylic acids is 2. The molecule has 2 amide bonds. The molecule has 5 heteroatoms. The fourth-order valence-electron chi connectivity index (χ4n) is 2.16. The van der Waals surface area contributed by atoms with Crippen LogP contribution in [0.4, 0.5) is 0 Å². The summed E-state index contributed by atoms with van der Waals surface area (Å²) in [6.07, 6.45) is 6.69. The molecular weight excluding hydrogens is 248 g/mol. The zero-order valence-electron chi connectivity index (χ0n) is 11.6. The molecule has 0 radical (unpaired) electrons. The Hall–Kier alpha value is -0.710. The van der Waals surface area contributed by atoms with Crippen molar-refractivity contribution in [3.63, 3.8) is 0 Å². The van der Waals surface area contributed by atoms with Crippen molar-refractivity contribution in [3.8, 4) is 0 Å². The first-order valence-electron chi connectivity index (χ1n) is 6.67. The molecule has 4 nitrogen and oxygen atoms in total. The summed E-state index contributed by atoms with van der Waals surface area (Å²) >= 11 is 1.87. The van der Waals surface area contributed by atoms with Gasteiger partial charge in [-0.25, -0.2) is 0 Å². The number of nitrogens with zero attached hydrogens (tertiary/aromatic N) is 1. The second kappa shape index (κ2) is 7.67. The van der Waals surface area contributed by atoms with Gasteiger partial charge in [0.2, 0.25) is 11.8 Å². The Kier molecular flexibility index (Phi) is 6.54. The van der Waals surface area contributed by atoms with E-state index >= 15 is 0 Å². The molecule has 1 aliphatic rings. The third kappa shape index (κ3) is 4.19. The summed E-state index contributed by atoms with van der Waals surface area (Å²) in [6, 6.07) is -0.690. The molecule has 1 rings (SSSR count). The van der Waals surface area contributed by atoms with Gasteiger partial charge in [-0.05, 0) is 38.7 Å². The summed E-state index contributed by atoms with van der Waals surface area (Å²) in [5.74, 6) is 1.22. The molecule has 0 bridgehead atoms. The molecule has 0 saturated carbocycles. The summed E-state index contributed by atoms with van der Waals surface area (Å²) in [5.41, 5.74) is 0. The largest absolute Gasteiger partial charge is 0.343 e. The van der Waals surface area contributed by atoms with Crippen LogP contribution in [0.1, 0.15) is 39.5 Å². The van der Waals surface area contributed by atoms with Gasteiger partial charge in [0.1, 0.15) is 12.1 Å². The van der Waals surface area contributed by atoms with E-state index in [1.54, 1.807) is 18.7 Å². The second-order valence-electron chi connectivity index (χ2n) is 4.84. The van der Waals surface area contributed by atoms with Gasteiger partial charge in [-0.2, -0.15) is 11.8 Å². The smallest absolute Gasteiger partial charge is 0.245 e. The highest BCUT2D eigenvalue weighted by molar-refractivity contribution is 7.98. The van der Waals surface area contributed by atoms with E-state index in [1.807, 2.05) is 11.8 Å². The molecule has 104 valence electrons. The van der Waals surface area contributed by atoms with Gasteiger partial charge in [0.05, 0.1) is 0 Å². The fourth-order valence-corrected chi connectivity index (χ4v) is 2.66. The lowest BCUT2D eigenvalue weighted by Crippen LogP contribution is -2.61. The average molecular weight is 272 g/mol. The Balaban J connectivity index is 2.30. The highest BCUT2D eigenvalue weighted by Crippen LogP contribution is 2.12. The zero-order valence-corrected chi connectivity index (χ0v) is 12.4. The number of nitrogens with one attached hydrogen (secondary N) is 1. The minimum atomic E-state index is -0.370. The van der Waals surface area contributed by atoms with E-state index in [4.69, 9.17) is 0 Å². The van der Waals surface area contributed by atoms with Crippen LogP contribution in [0.25, 0.3) is 0 Å². The van der Waals surface area contributed by atoms with E-state index in [1.165, 1.54) is 18.6 Å². The van der Waals surface area contributed by atoms with Crippen molar-refractivity contribution in [1.82, 2.24) is 10.2 Å². The first-order chi connectivity index (χ1) is 8.57. The van der Waals surface area contributed by atoms with E-state index in [0.717, 1.165) is 12.8 Å². The molecule has 1 N–H and O–H groups in total. The van der Waals surface area contributed by atoms with Gasteiger partial charge in [-0.3, -0.25) is 9.59 Å². The van der Waals surface area contributed by atoms with Crippen LogP contribution in [0, 0.1) is 0 Å². The second-order valence-corrected chi connectivity index (χ2v) is 5.83. The number of carbonyl (C=O) groups is 2. The number of amides is 2. The van der Waals surface area contributed by atoms with Crippen LogP contribution in [-0.2, 0) is 9.59 Å². The topological polar surface area (TPSA) is 49.4 Å². The third-order valence-corrected chi connectivity index (χ3v) is 4.05. The van der Waals surface area contributed by atoms with Crippen LogP contribution in [0.5, 0.6) is 0 Å². The van der Waals surface area contributed by atoms with E-state index < -0.39 is 0 Å². The molecule has 1 saturated heterocycles. The van der Waals surface area contributed by atoms with Crippen molar-refractivity contribution in [2.45, 2.75) is 51.6 Å². The minimum Gasteiger partial charge on any atom is -0.343 e. The van der Waals surface area contributed by atoms with Gasteiger partial charge in [0, 0.05) is 6.54 Å². The molecule has 18 heavy (non-hydrogen) atoms. The molecule has 0 aromatic carbocycles. The predicted octanol–water partition coefficient (Wildman–Crippen LogP) is 1.65. The van der Waals surface area contributed by atoms with E-state index in [2.05, 4.69) is 11.6 Å². The lowest BCUT2D eigenvalue weighted by molar-refractivity contribution is -0.148. The number of unbranched alkanes of at least 4 members (excludes halogenated alkanes) is 3. The van der Waals surface area contributed by atoms with Crippen LogP contribution in [-0.4, -0.2) is 47.4 Å². The maximum absolute atomic E-state index is 12.0. The zero-order chi connectivity index (χ0) is 13.5. The normalized spacial score (nSPS) is 24.3. The summed E-state index contributed by atoms with van der Waals surface area (Å²) in [6.45, 7) is 4.25. The first-order valence-corrected chi connectivity index (χ1v) is 8.07. The van der Waals surface area contributed by atoms with Gasteiger partial charge in [0.25, 0.3) is 0 Å². The number of hydrogen-bond acceptors (Lipinski definition) is 3. The highest BCUT2D eigenvalue weighted by atomic mass is 32.2. The van der Waals surface area contributed by atoms with Crippen LogP contribution < -0.4 is 5.32 Å². The monoisotopic (exact) mass is 272 g/mol. The Morgan fingerprint density at radius 2 is 1.83 bits per heavy atom. The highest BCUT2D eigenvalue weighted by Gasteiger charge is 2.34. The van der Waals surface area contributed by atoms with E-state index in [-0.39, 0.29) is 23.9 Å². The fraction of sp³-hybridized carbons (Fsp3) is 0.846. The van der Waals surface area contributed by atoms with Crippen LogP contribution in [0.2, 0.25) is 0 Å². The van der Waals surface area contributed by atoms with Gasteiger partial charge >= 0.3 is 0 Å². The number of rotatable bonds is 7.